The fourth-order valence-corrected chi connectivity index (χ4v) is 0.825. The van der Waals surface area contributed by atoms with Crippen LogP contribution < -0.4 is 0 Å². The van der Waals surface area contributed by atoms with E-state index in [1.165, 1.54) is 6.42 Å². The number of rotatable bonds is 4. The van der Waals surface area contributed by atoms with E-state index in [2.05, 4.69) is 16.2 Å². The first-order chi connectivity index (χ1) is 3.77. The second-order valence-electron chi connectivity index (χ2n) is 2.01. The van der Waals surface area contributed by atoms with Crippen molar-refractivity contribution in [1.29, 1.82) is 0 Å². The Kier molecular flexibility index (Phi) is 5.74. The number of alkyl halides is 1. The second kappa shape index (κ2) is 5.50. The number of hydrogen-bond donors (Lipinski definition) is 0. The molecule has 2 heteroatoms. The zero-order chi connectivity index (χ0) is 6.41. The van der Waals surface area contributed by atoms with E-state index in [9.17, 15) is 4.39 Å². The quantitative estimate of drug-likeness (QED) is 0.411. The van der Waals surface area contributed by atoms with Crippen molar-refractivity contribution in [2.45, 2.75) is 38.5 Å². The predicted molar refractivity (Wildman–Crippen MR) is 38.7 cm³/mol. The molecule has 0 N–H and O–H groups in total. The minimum Gasteiger partial charge on any atom is -0.243 e. The number of unbranched alkanes of at least 4 members (excludes halogenated alkanes) is 2. The molecule has 0 aromatic rings. The lowest BCUT2D eigenvalue weighted by molar-refractivity contribution is 0.414. The van der Waals surface area contributed by atoms with Crippen molar-refractivity contribution in [3.8, 4) is 0 Å². The first-order valence-corrected chi connectivity index (χ1v) is 3.83. The molecule has 0 aromatic heterocycles. The Morgan fingerprint density at radius 1 is 1.50 bits per heavy atom. The third-order valence-electron chi connectivity index (χ3n) is 1.08. The molecule has 0 aliphatic heterocycles. The van der Waals surface area contributed by atoms with Crippen molar-refractivity contribution in [3.63, 3.8) is 0 Å². The first kappa shape index (κ1) is 8.36. The summed E-state index contributed by atoms with van der Waals surface area (Å²) in [4.78, 5) is 0. The van der Waals surface area contributed by atoms with Crippen LogP contribution in [0.4, 0.5) is 4.39 Å². The van der Waals surface area contributed by atoms with Gasteiger partial charge in [0.15, 0.2) is 0 Å². The normalized spacial score (nSPS) is 13.9. The van der Waals surface area contributed by atoms with Crippen LogP contribution in [-0.4, -0.2) is 5.91 Å². The van der Waals surface area contributed by atoms with E-state index in [-0.39, 0.29) is 0 Å². The molecule has 0 amide bonds. The van der Waals surface area contributed by atoms with E-state index < -0.39 is 5.91 Å². The summed E-state index contributed by atoms with van der Waals surface area (Å²) in [7, 11) is 2.16. The molecule has 0 aromatic carbocycles. The zero-order valence-electron chi connectivity index (χ0n) is 5.36. The summed E-state index contributed by atoms with van der Waals surface area (Å²) in [6.07, 6.45) is 4.08. The second-order valence-corrected chi connectivity index (χ2v) is 2.74. The largest absolute Gasteiger partial charge is 0.243 e. The summed E-state index contributed by atoms with van der Waals surface area (Å²) in [5.74, 6) is -0.679. The van der Waals surface area contributed by atoms with E-state index in [0.717, 1.165) is 12.8 Å². The lowest BCUT2D eigenvalue weighted by atomic mass is 10.2. The lowest BCUT2D eigenvalue weighted by Gasteiger charge is -1.97. The summed E-state index contributed by atoms with van der Waals surface area (Å²) in [6.45, 7) is 2.12. The highest BCUT2D eigenvalue weighted by atomic mass is 31.0. The molecule has 2 atom stereocenters. The molecule has 0 nitrogen and oxygen atoms in total. The minimum absolute atomic E-state index is 0.679. The Labute approximate surface area is 53.1 Å². The smallest absolute Gasteiger partial charge is 0.113 e. The highest BCUT2D eigenvalue weighted by molar-refractivity contribution is 7.17. The van der Waals surface area contributed by atoms with Crippen molar-refractivity contribution in [2.75, 3.05) is 0 Å². The summed E-state index contributed by atoms with van der Waals surface area (Å²) in [5, 5.41) is 0. The van der Waals surface area contributed by atoms with Crippen LogP contribution in [0.1, 0.15) is 32.6 Å². The average molecular weight is 136 g/mol. The molecule has 50 valence electrons. The van der Waals surface area contributed by atoms with Gasteiger partial charge in [0.25, 0.3) is 0 Å². The van der Waals surface area contributed by atoms with Crippen molar-refractivity contribution in [1.82, 2.24) is 0 Å². The van der Waals surface area contributed by atoms with Crippen molar-refractivity contribution in [3.05, 3.63) is 0 Å². The van der Waals surface area contributed by atoms with Gasteiger partial charge in [-0.25, -0.2) is 4.39 Å². The fourth-order valence-electron chi connectivity index (χ4n) is 0.589. The van der Waals surface area contributed by atoms with Gasteiger partial charge in [0.1, 0.15) is 5.91 Å². The van der Waals surface area contributed by atoms with Crippen molar-refractivity contribution >= 4 is 9.24 Å². The Hall–Kier alpha value is 0.360. The molecule has 0 aliphatic carbocycles. The Balaban J connectivity index is 2.72. The number of halogens is 1. The minimum atomic E-state index is -0.679. The van der Waals surface area contributed by atoms with Crippen molar-refractivity contribution in [2.24, 2.45) is 0 Å². The Bertz CT molecular complexity index is 45.8. The summed E-state index contributed by atoms with van der Waals surface area (Å²) in [5.41, 5.74) is 0. The monoisotopic (exact) mass is 136 g/mol. The van der Waals surface area contributed by atoms with E-state index in [4.69, 9.17) is 0 Å². The van der Waals surface area contributed by atoms with E-state index >= 15 is 0 Å². The Morgan fingerprint density at radius 3 is 2.50 bits per heavy atom. The van der Waals surface area contributed by atoms with Crippen LogP contribution in [0.5, 0.6) is 0 Å². The van der Waals surface area contributed by atoms with Gasteiger partial charge < -0.3 is 0 Å². The van der Waals surface area contributed by atoms with E-state index in [1.54, 1.807) is 0 Å². The summed E-state index contributed by atoms with van der Waals surface area (Å²) >= 11 is 0. The molecule has 0 heterocycles. The van der Waals surface area contributed by atoms with E-state index in [0.29, 0.717) is 6.42 Å². The SMILES string of the molecule is CCCCCC(F)P. The maximum atomic E-state index is 12.0. The zero-order valence-corrected chi connectivity index (χ0v) is 6.52. The number of hydrogen-bond acceptors (Lipinski definition) is 0. The highest BCUT2D eigenvalue weighted by Crippen LogP contribution is 2.11. The predicted octanol–water partition coefficient (Wildman–Crippen LogP) is 2.74. The third kappa shape index (κ3) is 6.36. The van der Waals surface area contributed by atoms with Gasteiger partial charge in [0.05, 0.1) is 0 Å². The summed E-state index contributed by atoms with van der Waals surface area (Å²) in [6, 6.07) is 0. The van der Waals surface area contributed by atoms with Gasteiger partial charge in [-0.15, -0.1) is 9.24 Å². The van der Waals surface area contributed by atoms with Crippen LogP contribution >= 0.6 is 9.24 Å². The standard InChI is InChI=1S/C6H14FP/c1-2-3-4-5-6(7)8/h6H,2-5,8H2,1H3. The molecule has 0 fully saturated rings. The summed E-state index contributed by atoms with van der Waals surface area (Å²) < 4.78 is 12.0. The molecular formula is C6H14FP. The molecule has 8 heavy (non-hydrogen) atoms. The third-order valence-corrected chi connectivity index (χ3v) is 1.42. The van der Waals surface area contributed by atoms with Gasteiger partial charge in [-0.05, 0) is 6.42 Å². The molecule has 0 rings (SSSR count). The molecule has 0 saturated carbocycles. The maximum Gasteiger partial charge on any atom is 0.113 e. The van der Waals surface area contributed by atoms with Crippen LogP contribution in [0.3, 0.4) is 0 Å². The van der Waals surface area contributed by atoms with Crippen molar-refractivity contribution < 1.29 is 4.39 Å². The molecule has 2 unspecified atom stereocenters. The van der Waals surface area contributed by atoms with Gasteiger partial charge in [0, 0.05) is 0 Å². The fraction of sp³-hybridized carbons (Fsp3) is 1.00. The molecular weight excluding hydrogens is 122 g/mol. The van der Waals surface area contributed by atoms with Gasteiger partial charge in [-0.3, -0.25) is 0 Å². The highest BCUT2D eigenvalue weighted by Gasteiger charge is 1.94. The topological polar surface area (TPSA) is 0 Å². The van der Waals surface area contributed by atoms with E-state index in [1.807, 2.05) is 0 Å². The first-order valence-electron chi connectivity index (χ1n) is 3.17. The van der Waals surface area contributed by atoms with Crippen LogP contribution in [0.2, 0.25) is 0 Å². The average Bonchev–Trinajstić information content (AvgIpc) is 1.66. The Morgan fingerprint density at radius 2 is 2.12 bits per heavy atom. The maximum absolute atomic E-state index is 12.0. The molecule has 0 aliphatic rings. The van der Waals surface area contributed by atoms with Gasteiger partial charge in [0.2, 0.25) is 0 Å². The van der Waals surface area contributed by atoms with Crippen LogP contribution in [0.15, 0.2) is 0 Å². The molecule has 0 spiro atoms. The molecule has 0 saturated heterocycles. The van der Waals surface area contributed by atoms with Gasteiger partial charge >= 0.3 is 0 Å². The molecule has 0 bridgehead atoms. The van der Waals surface area contributed by atoms with Gasteiger partial charge in [-0.1, -0.05) is 26.2 Å². The van der Waals surface area contributed by atoms with Crippen LogP contribution in [0, 0.1) is 0 Å². The van der Waals surface area contributed by atoms with Crippen LogP contribution in [-0.2, 0) is 0 Å². The molecule has 0 radical (unpaired) electrons. The van der Waals surface area contributed by atoms with Crippen LogP contribution in [0.25, 0.3) is 0 Å². The van der Waals surface area contributed by atoms with Gasteiger partial charge in [-0.2, -0.15) is 0 Å². The lowest BCUT2D eigenvalue weighted by Crippen LogP contribution is -1.85.